The minimum Gasteiger partial charge on any atom is -0.259 e. The summed E-state index contributed by atoms with van der Waals surface area (Å²) in [7, 11) is 0. The second-order valence-corrected chi connectivity index (χ2v) is 3.70. The summed E-state index contributed by atoms with van der Waals surface area (Å²) in [5.74, 6) is 0. The van der Waals surface area contributed by atoms with Crippen LogP contribution in [0, 0.1) is 11.8 Å². The average molecular weight is 211 g/mol. The Morgan fingerprint density at radius 1 is 1.19 bits per heavy atom. The minimum absolute atomic E-state index is 0.790. The highest BCUT2D eigenvalue weighted by Gasteiger charge is 2.12. The largest absolute Gasteiger partial charge is 0.259 e. The molecule has 1 aromatic carbocycles. The summed E-state index contributed by atoms with van der Waals surface area (Å²) in [5.41, 5.74) is 2.43. The molecular formula is C12H9N3O. The molecule has 3 rings (SSSR count). The van der Waals surface area contributed by atoms with Gasteiger partial charge in [-0.05, 0) is 19.1 Å². The number of hydrogen-bond donors (Lipinski definition) is 0. The molecule has 4 heteroatoms. The first kappa shape index (κ1) is 9.03. The molecule has 2 aromatic heterocycles. The van der Waals surface area contributed by atoms with Crippen molar-refractivity contribution in [1.82, 2.24) is 9.66 Å². The van der Waals surface area contributed by atoms with Crippen LogP contribution in [0.5, 0.6) is 0 Å². The molecule has 4 nitrogen and oxygen atoms in total. The molecule has 0 amide bonds. The Morgan fingerprint density at radius 2 is 2.00 bits per heavy atom. The molecule has 0 spiro atoms. The molecule has 0 unspecified atom stereocenters. The summed E-state index contributed by atoms with van der Waals surface area (Å²) in [5, 5.41) is 5.12. The van der Waals surface area contributed by atoms with Gasteiger partial charge >= 0.3 is 0 Å². The Morgan fingerprint density at radius 3 is 2.81 bits per heavy atom. The normalized spacial score (nSPS) is 11.1. The zero-order chi connectivity index (χ0) is 11.1. The van der Waals surface area contributed by atoms with Crippen LogP contribution in [0.25, 0.3) is 21.8 Å². The molecule has 0 aliphatic heterocycles. The first-order valence-electron chi connectivity index (χ1n) is 5.01. The SMILES string of the molecule is Cc1nccc2c3ccccc3n(N=O)c12. The standard InChI is InChI=1S/C12H9N3O/c1-8-12-10(6-7-13-8)9-4-2-3-5-11(9)15(12)14-16/h2-7H,1H3. The number of aromatic nitrogens is 2. The molecule has 78 valence electrons. The maximum Gasteiger partial charge on any atom is 0.0976 e. The molecule has 0 N–H and O–H groups in total. The number of nitrogens with zero attached hydrogens (tertiary/aromatic N) is 3. The molecule has 0 saturated heterocycles. The van der Waals surface area contributed by atoms with Crippen molar-refractivity contribution < 1.29 is 0 Å². The van der Waals surface area contributed by atoms with E-state index < -0.39 is 0 Å². The van der Waals surface area contributed by atoms with E-state index in [0.717, 1.165) is 27.5 Å². The first-order valence-corrected chi connectivity index (χ1v) is 5.01. The quantitative estimate of drug-likeness (QED) is 0.581. The summed E-state index contributed by atoms with van der Waals surface area (Å²) in [6, 6.07) is 9.62. The van der Waals surface area contributed by atoms with Crippen molar-refractivity contribution in [3.8, 4) is 0 Å². The van der Waals surface area contributed by atoms with Gasteiger partial charge in [0, 0.05) is 17.0 Å². The van der Waals surface area contributed by atoms with Crippen molar-refractivity contribution in [3.05, 3.63) is 47.1 Å². The number of para-hydroxylation sites is 1. The third-order valence-corrected chi connectivity index (χ3v) is 2.82. The molecule has 0 atom stereocenters. The average Bonchev–Trinajstić information content (AvgIpc) is 2.65. The van der Waals surface area contributed by atoms with E-state index in [2.05, 4.69) is 10.3 Å². The fraction of sp³-hybridized carbons (Fsp3) is 0.0833. The van der Waals surface area contributed by atoms with Gasteiger partial charge in [-0.1, -0.05) is 18.2 Å². The van der Waals surface area contributed by atoms with E-state index in [-0.39, 0.29) is 0 Å². The second-order valence-electron chi connectivity index (χ2n) is 3.70. The molecule has 3 aromatic rings. The lowest BCUT2D eigenvalue weighted by atomic mass is 10.2. The fourth-order valence-corrected chi connectivity index (χ4v) is 2.13. The second kappa shape index (κ2) is 3.13. The van der Waals surface area contributed by atoms with Crippen LogP contribution < -0.4 is 0 Å². The van der Waals surface area contributed by atoms with Gasteiger partial charge < -0.3 is 0 Å². The van der Waals surface area contributed by atoms with Gasteiger partial charge in [-0.3, -0.25) is 4.98 Å². The van der Waals surface area contributed by atoms with E-state index in [4.69, 9.17) is 0 Å². The molecule has 0 bridgehead atoms. The Hall–Kier alpha value is -2.23. The van der Waals surface area contributed by atoms with Crippen molar-refractivity contribution in [2.75, 3.05) is 0 Å². The van der Waals surface area contributed by atoms with Crippen LogP contribution in [0.15, 0.2) is 41.8 Å². The van der Waals surface area contributed by atoms with Crippen molar-refractivity contribution in [2.24, 2.45) is 5.29 Å². The molecule has 0 aliphatic rings. The van der Waals surface area contributed by atoms with Crippen LogP contribution in [0.1, 0.15) is 5.69 Å². The maximum atomic E-state index is 10.9. The third-order valence-electron chi connectivity index (χ3n) is 2.82. The van der Waals surface area contributed by atoms with Crippen LogP contribution in [0.2, 0.25) is 0 Å². The van der Waals surface area contributed by atoms with Gasteiger partial charge in [0.1, 0.15) is 0 Å². The Labute approximate surface area is 91.5 Å². The van der Waals surface area contributed by atoms with E-state index in [0.29, 0.717) is 0 Å². The lowest BCUT2D eigenvalue weighted by Crippen LogP contribution is -1.89. The number of benzene rings is 1. The molecule has 0 saturated carbocycles. The topological polar surface area (TPSA) is 47.2 Å². The van der Waals surface area contributed by atoms with Gasteiger partial charge in [0.25, 0.3) is 0 Å². The molecule has 0 aliphatic carbocycles. The van der Waals surface area contributed by atoms with Gasteiger partial charge in [0.15, 0.2) is 0 Å². The van der Waals surface area contributed by atoms with Gasteiger partial charge in [-0.25, -0.2) is 0 Å². The number of rotatable bonds is 1. The molecular weight excluding hydrogens is 202 g/mol. The van der Waals surface area contributed by atoms with E-state index >= 15 is 0 Å². The lowest BCUT2D eigenvalue weighted by molar-refractivity contribution is 0.942. The Bertz CT molecular complexity index is 700. The first-order chi connectivity index (χ1) is 7.83. The van der Waals surface area contributed by atoms with E-state index in [1.54, 1.807) is 6.20 Å². The van der Waals surface area contributed by atoms with E-state index in [9.17, 15) is 4.91 Å². The fourth-order valence-electron chi connectivity index (χ4n) is 2.13. The highest BCUT2D eigenvalue weighted by Crippen LogP contribution is 2.29. The van der Waals surface area contributed by atoms with Crippen molar-refractivity contribution in [1.29, 1.82) is 0 Å². The monoisotopic (exact) mass is 211 g/mol. The lowest BCUT2D eigenvalue weighted by Gasteiger charge is -1.96. The van der Waals surface area contributed by atoms with E-state index in [1.807, 2.05) is 37.3 Å². The summed E-state index contributed by atoms with van der Waals surface area (Å²) >= 11 is 0. The summed E-state index contributed by atoms with van der Waals surface area (Å²) in [6.45, 7) is 1.88. The smallest absolute Gasteiger partial charge is 0.0976 e. The van der Waals surface area contributed by atoms with Gasteiger partial charge in [-0.2, -0.15) is 4.68 Å². The summed E-state index contributed by atoms with van der Waals surface area (Å²) in [4.78, 5) is 15.1. The predicted molar refractivity (Wildman–Crippen MR) is 63.2 cm³/mol. The predicted octanol–water partition coefficient (Wildman–Crippen LogP) is 3.03. The summed E-state index contributed by atoms with van der Waals surface area (Å²) in [6.07, 6.45) is 1.75. The van der Waals surface area contributed by atoms with Crippen LogP contribution in [-0.4, -0.2) is 9.66 Å². The zero-order valence-corrected chi connectivity index (χ0v) is 8.71. The van der Waals surface area contributed by atoms with Crippen molar-refractivity contribution in [3.63, 3.8) is 0 Å². The van der Waals surface area contributed by atoms with E-state index in [1.165, 1.54) is 4.68 Å². The van der Waals surface area contributed by atoms with Crippen molar-refractivity contribution >= 4 is 21.8 Å². The third kappa shape index (κ3) is 1.01. The Kier molecular flexibility index (Phi) is 1.77. The number of hydrogen-bond acceptors (Lipinski definition) is 3. The Balaban J connectivity index is 2.70. The molecule has 16 heavy (non-hydrogen) atoms. The minimum atomic E-state index is 0.790. The highest BCUT2D eigenvalue weighted by atomic mass is 16.3. The molecule has 0 radical (unpaired) electrons. The number of aryl methyl sites for hydroxylation is 1. The number of fused-ring (bicyclic) bond motifs is 3. The van der Waals surface area contributed by atoms with Crippen LogP contribution in [-0.2, 0) is 0 Å². The van der Waals surface area contributed by atoms with Crippen LogP contribution >= 0.6 is 0 Å². The summed E-state index contributed by atoms with van der Waals surface area (Å²) < 4.78 is 1.41. The number of nitroso groups, excluding NO2 is 1. The van der Waals surface area contributed by atoms with Crippen molar-refractivity contribution in [2.45, 2.75) is 6.92 Å². The molecule has 0 fully saturated rings. The molecule has 2 heterocycles. The maximum absolute atomic E-state index is 10.9. The van der Waals surface area contributed by atoms with Gasteiger partial charge in [0.05, 0.1) is 22.0 Å². The number of pyridine rings is 1. The highest BCUT2D eigenvalue weighted by molar-refractivity contribution is 6.08. The zero-order valence-electron chi connectivity index (χ0n) is 8.71. The van der Waals surface area contributed by atoms with Crippen LogP contribution in [0.3, 0.4) is 0 Å². The van der Waals surface area contributed by atoms with Crippen LogP contribution in [0.4, 0.5) is 0 Å². The van der Waals surface area contributed by atoms with Gasteiger partial charge in [0.2, 0.25) is 0 Å². The van der Waals surface area contributed by atoms with Gasteiger partial charge in [-0.15, -0.1) is 4.91 Å².